The number of aromatic nitrogens is 3. The van der Waals surface area contributed by atoms with Gasteiger partial charge in [-0.05, 0) is 40.4 Å². The van der Waals surface area contributed by atoms with Crippen LogP contribution < -0.4 is 4.90 Å². The lowest BCUT2D eigenvalue weighted by Crippen LogP contribution is -2.52. The molecule has 150 valence electrons. The second-order valence-corrected chi connectivity index (χ2v) is 8.44. The van der Waals surface area contributed by atoms with Gasteiger partial charge in [-0.25, -0.2) is 4.98 Å². The highest BCUT2D eigenvalue weighted by Gasteiger charge is 2.32. The number of hydrogen-bond donors (Lipinski definition) is 0. The summed E-state index contributed by atoms with van der Waals surface area (Å²) < 4.78 is 7.88. The molecule has 4 heterocycles. The monoisotopic (exact) mass is 455 g/mol. The Hall–Kier alpha value is -2.45. The number of anilines is 1. The molecule has 0 unspecified atom stereocenters. The molecule has 1 saturated heterocycles. The molecule has 1 fully saturated rings. The van der Waals surface area contributed by atoms with Gasteiger partial charge in [0.05, 0.1) is 12.1 Å². The number of hydrogen-bond acceptors (Lipinski definition) is 5. The fourth-order valence-corrected chi connectivity index (χ4v) is 4.60. The summed E-state index contributed by atoms with van der Waals surface area (Å²) in [6.07, 6.45) is 1.07. The fraction of sp³-hybridized carbons (Fsp3) is 0.381. The summed E-state index contributed by atoms with van der Waals surface area (Å²) in [7, 11) is 1.72. The van der Waals surface area contributed by atoms with E-state index in [1.807, 2.05) is 23.1 Å². The molecular weight excluding hydrogens is 434 g/mol. The topological polar surface area (TPSA) is 63.0 Å². The SMILES string of the molecule is COC1CN(c2cc(C(=O)N3CCc4ccccc4[C@H]3C)nc3cc(Br)nn23)C1. The third-order valence-corrected chi connectivity index (χ3v) is 6.35. The molecule has 8 heteroatoms. The van der Waals surface area contributed by atoms with E-state index in [-0.39, 0.29) is 18.1 Å². The van der Waals surface area contributed by atoms with E-state index in [1.165, 1.54) is 11.1 Å². The van der Waals surface area contributed by atoms with E-state index in [0.29, 0.717) is 22.5 Å². The number of fused-ring (bicyclic) bond motifs is 2. The van der Waals surface area contributed by atoms with E-state index in [9.17, 15) is 4.79 Å². The van der Waals surface area contributed by atoms with Crippen molar-refractivity contribution in [1.82, 2.24) is 19.5 Å². The van der Waals surface area contributed by atoms with Crippen LogP contribution in [0.4, 0.5) is 5.82 Å². The summed E-state index contributed by atoms with van der Waals surface area (Å²) in [5, 5.41) is 4.49. The van der Waals surface area contributed by atoms with Gasteiger partial charge in [-0.2, -0.15) is 9.61 Å². The quantitative estimate of drug-likeness (QED) is 0.606. The molecule has 1 aromatic carbocycles. The average molecular weight is 456 g/mol. The molecule has 0 N–H and O–H groups in total. The maximum Gasteiger partial charge on any atom is 0.273 e. The Bertz CT molecular complexity index is 1090. The van der Waals surface area contributed by atoms with Crippen molar-refractivity contribution >= 4 is 33.3 Å². The van der Waals surface area contributed by atoms with Gasteiger partial charge >= 0.3 is 0 Å². The van der Waals surface area contributed by atoms with Crippen LogP contribution in [0, 0.1) is 0 Å². The zero-order valence-corrected chi connectivity index (χ0v) is 18.0. The third-order valence-electron chi connectivity index (χ3n) is 5.96. The van der Waals surface area contributed by atoms with E-state index < -0.39 is 0 Å². The molecule has 0 saturated carbocycles. The molecule has 7 nitrogen and oxygen atoms in total. The van der Waals surface area contributed by atoms with E-state index in [0.717, 1.165) is 25.3 Å². The van der Waals surface area contributed by atoms with Crippen molar-refractivity contribution in [1.29, 1.82) is 0 Å². The maximum absolute atomic E-state index is 13.5. The lowest BCUT2D eigenvalue weighted by atomic mass is 9.93. The first kappa shape index (κ1) is 18.6. The van der Waals surface area contributed by atoms with Gasteiger partial charge in [0.25, 0.3) is 5.91 Å². The zero-order chi connectivity index (χ0) is 20.1. The first-order chi connectivity index (χ1) is 14.0. The van der Waals surface area contributed by atoms with Crippen molar-refractivity contribution < 1.29 is 9.53 Å². The smallest absolute Gasteiger partial charge is 0.273 e. The predicted octanol–water partition coefficient (Wildman–Crippen LogP) is 3.09. The molecule has 0 spiro atoms. The number of halogens is 1. The standard InChI is InChI=1S/C21H22BrN5O2/c1-13-16-6-4-3-5-14(16)7-8-26(13)21(28)17-9-20(25-11-15(12-25)29-2)27-19(23-17)10-18(22)24-27/h3-6,9-10,13,15H,7-8,11-12H2,1-2H3/t13-/m1/s1. The van der Waals surface area contributed by atoms with Crippen LogP contribution in [0.5, 0.6) is 0 Å². The molecule has 0 bridgehead atoms. The van der Waals surface area contributed by atoms with Gasteiger partial charge in [0.15, 0.2) is 5.65 Å². The number of nitrogens with zero attached hydrogens (tertiary/aromatic N) is 5. The number of methoxy groups -OCH3 is 1. The number of ether oxygens (including phenoxy) is 1. The fourth-order valence-electron chi connectivity index (χ4n) is 4.24. The number of benzene rings is 1. The van der Waals surface area contributed by atoms with Gasteiger partial charge in [0, 0.05) is 38.9 Å². The Morgan fingerprint density at radius 1 is 1.24 bits per heavy atom. The largest absolute Gasteiger partial charge is 0.378 e. The highest BCUT2D eigenvalue weighted by atomic mass is 79.9. The van der Waals surface area contributed by atoms with Crippen molar-refractivity contribution in [2.24, 2.45) is 0 Å². The van der Waals surface area contributed by atoms with Crippen molar-refractivity contribution in [2.75, 3.05) is 31.6 Å². The van der Waals surface area contributed by atoms with E-state index in [4.69, 9.17) is 4.74 Å². The summed E-state index contributed by atoms with van der Waals surface area (Å²) in [4.78, 5) is 22.2. The van der Waals surface area contributed by atoms with Gasteiger partial charge in [0.1, 0.15) is 16.1 Å². The number of carbonyl (C=O) groups excluding carboxylic acids is 1. The molecule has 2 aromatic heterocycles. The molecule has 5 rings (SSSR count). The lowest BCUT2D eigenvalue weighted by Gasteiger charge is -2.40. The minimum absolute atomic E-state index is 0.0208. The summed E-state index contributed by atoms with van der Waals surface area (Å²) in [6, 6.07) is 12.1. The molecule has 2 aliphatic rings. The highest BCUT2D eigenvalue weighted by molar-refractivity contribution is 9.10. The number of carbonyl (C=O) groups is 1. The lowest BCUT2D eigenvalue weighted by molar-refractivity contribution is 0.0671. The molecular formula is C21H22BrN5O2. The molecule has 1 atom stereocenters. The Morgan fingerprint density at radius 3 is 2.83 bits per heavy atom. The summed E-state index contributed by atoms with van der Waals surface area (Å²) in [5.41, 5.74) is 3.64. The van der Waals surface area contributed by atoms with Crippen molar-refractivity contribution in [3.63, 3.8) is 0 Å². The van der Waals surface area contributed by atoms with Gasteiger partial charge < -0.3 is 14.5 Å². The Kier molecular flexibility index (Phi) is 4.55. The number of amides is 1. The Balaban J connectivity index is 1.51. The van der Waals surface area contributed by atoms with E-state index in [2.05, 4.69) is 56.0 Å². The van der Waals surface area contributed by atoms with Gasteiger partial charge in [-0.15, -0.1) is 0 Å². The van der Waals surface area contributed by atoms with Crippen molar-refractivity contribution in [3.05, 3.63) is 57.8 Å². The van der Waals surface area contributed by atoms with Gasteiger partial charge in [-0.1, -0.05) is 24.3 Å². The van der Waals surface area contributed by atoms with Crippen LogP contribution in [0.1, 0.15) is 34.6 Å². The average Bonchev–Trinajstić information content (AvgIpc) is 3.07. The third kappa shape index (κ3) is 3.11. The molecule has 1 amide bonds. The summed E-state index contributed by atoms with van der Waals surface area (Å²) in [5.74, 6) is 0.819. The molecule has 2 aliphatic heterocycles. The summed E-state index contributed by atoms with van der Waals surface area (Å²) >= 11 is 3.43. The zero-order valence-electron chi connectivity index (χ0n) is 16.4. The van der Waals surface area contributed by atoms with Crippen LogP contribution >= 0.6 is 15.9 Å². The first-order valence-electron chi connectivity index (χ1n) is 9.78. The van der Waals surface area contributed by atoms with E-state index in [1.54, 1.807) is 11.6 Å². The van der Waals surface area contributed by atoms with Crippen LogP contribution in [0.2, 0.25) is 0 Å². The second kappa shape index (κ2) is 7.11. The van der Waals surface area contributed by atoms with Crippen LogP contribution in [0.3, 0.4) is 0 Å². The molecule has 0 aliphatic carbocycles. The van der Waals surface area contributed by atoms with E-state index >= 15 is 0 Å². The number of rotatable bonds is 3. The Labute approximate surface area is 177 Å². The first-order valence-corrected chi connectivity index (χ1v) is 10.6. The molecule has 29 heavy (non-hydrogen) atoms. The summed E-state index contributed by atoms with van der Waals surface area (Å²) in [6.45, 7) is 4.32. The van der Waals surface area contributed by atoms with Gasteiger partial charge in [0.2, 0.25) is 0 Å². The van der Waals surface area contributed by atoms with Crippen LogP contribution in [0.25, 0.3) is 5.65 Å². The molecule has 3 aromatic rings. The second-order valence-electron chi connectivity index (χ2n) is 7.62. The normalized spacial score (nSPS) is 19.3. The minimum Gasteiger partial charge on any atom is -0.378 e. The highest BCUT2D eigenvalue weighted by Crippen LogP contribution is 2.31. The maximum atomic E-state index is 13.5. The van der Waals surface area contributed by atoms with Crippen LogP contribution in [-0.2, 0) is 11.2 Å². The predicted molar refractivity (Wildman–Crippen MR) is 113 cm³/mol. The minimum atomic E-state index is -0.0445. The van der Waals surface area contributed by atoms with Crippen LogP contribution in [-0.4, -0.2) is 58.3 Å². The molecule has 0 radical (unpaired) electrons. The van der Waals surface area contributed by atoms with Crippen molar-refractivity contribution in [2.45, 2.75) is 25.5 Å². The van der Waals surface area contributed by atoms with Crippen molar-refractivity contribution in [3.8, 4) is 0 Å². The van der Waals surface area contributed by atoms with Crippen LogP contribution in [0.15, 0.2) is 41.0 Å². The Morgan fingerprint density at radius 2 is 2.03 bits per heavy atom. The van der Waals surface area contributed by atoms with Gasteiger partial charge in [-0.3, -0.25) is 4.79 Å².